The number of rotatable bonds is 7. The zero-order chi connectivity index (χ0) is 21.8. The van der Waals surface area contributed by atoms with Crippen molar-refractivity contribution in [3.8, 4) is 0 Å². The number of nitrogens with one attached hydrogen (secondary N) is 2. The van der Waals surface area contributed by atoms with Gasteiger partial charge in [-0.3, -0.25) is 14.9 Å². The fraction of sp³-hybridized carbons (Fsp3) is 0.462. The number of amides is 1. The van der Waals surface area contributed by atoms with E-state index in [2.05, 4.69) is 25.6 Å². The Morgan fingerprint density at radius 1 is 1.58 bits per heavy atom. The van der Waals surface area contributed by atoms with Gasteiger partial charge in [0.25, 0.3) is 5.91 Å². The zero-order valence-corrected chi connectivity index (χ0v) is 14.7. The molecule has 11 nitrogen and oxygen atoms in total. The molecular weight excluding hydrogens is 386 g/mol. The number of anilines is 1. The van der Waals surface area contributed by atoms with Crippen molar-refractivity contribution in [3.05, 3.63) is 11.1 Å². The molecule has 1 fully saturated rings. The lowest BCUT2D eigenvalue weighted by Crippen LogP contribution is -2.59. The first-order valence-corrected chi connectivity index (χ1v) is 9.02. The lowest BCUT2D eigenvalue weighted by Gasteiger charge is -2.32. The van der Waals surface area contributed by atoms with Crippen LogP contribution in [0.25, 0.3) is 0 Å². The van der Waals surface area contributed by atoms with Gasteiger partial charge in [-0.25, -0.2) is 9.78 Å². The second-order valence-electron chi connectivity index (χ2n) is 5.03. The normalized spacial score (nSPS) is 23.8. The molecule has 1 unspecified atom stereocenters. The van der Waals surface area contributed by atoms with E-state index in [0.717, 1.165) is 23.1 Å². The van der Waals surface area contributed by atoms with Crippen LogP contribution in [0, 0.1) is 0 Å². The summed E-state index contributed by atoms with van der Waals surface area (Å²) in [5.74, 6) is -3.29. The molecule has 1 aliphatic rings. The maximum atomic E-state index is 12.6. The molecule has 26 heavy (non-hydrogen) atoms. The molecular formula is C13H17N5O6S2. The van der Waals surface area contributed by atoms with E-state index in [1.54, 1.807) is 0 Å². The fourth-order valence-electron chi connectivity index (χ4n) is 2.15. The van der Waals surface area contributed by atoms with Gasteiger partial charge in [-0.05, 0) is 12.2 Å². The van der Waals surface area contributed by atoms with Gasteiger partial charge in [-0.15, -0.1) is 23.1 Å². The number of carboxylic acids is 2. The Bertz CT molecular complexity index is 817. The van der Waals surface area contributed by atoms with Crippen molar-refractivity contribution in [3.63, 3.8) is 0 Å². The number of nitrogens with zero attached hydrogens (tertiary/aromatic N) is 2. The summed E-state index contributed by atoms with van der Waals surface area (Å²) in [6, 6.07) is -2.51. The second kappa shape index (κ2) is 8.82. The second-order valence-corrected chi connectivity index (χ2v) is 7.17. The highest BCUT2D eigenvalue weighted by atomic mass is 32.2. The summed E-state index contributed by atoms with van der Waals surface area (Å²) in [7, 11) is -2.95. The average Bonchev–Trinajstić information content (AvgIpc) is 3.04. The van der Waals surface area contributed by atoms with Crippen LogP contribution in [0.2, 0.25) is 0 Å². The van der Waals surface area contributed by atoms with Crippen molar-refractivity contribution < 1.29 is 33.5 Å². The Balaban J connectivity index is 2.24. The van der Waals surface area contributed by atoms with Gasteiger partial charge in [-0.2, -0.15) is 0 Å². The van der Waals surface area contributed by atoms with Crippen LogP contribution in [0.4, 0.5) is 5.13 Å². The first kappa shape index (κ1) is 15.8. The molecule has 1 amide bonds. The number of thioether (sulfide) groups is 1. The molecule has 0 aromatic carbocycles. The molecule has 6 N–H and O–H groups in total. The number of carbonyl (C=O) groups excluding carboxylic acids is 1. The SMILES string of the molecule is [2H]C([2H])([2H])O/N=C(\C(=O)N[C@H](C(=O)O)[C@@H]1NC(C(=O)O)CCS1)c1csc(N)n1. The molecule has 0 spiro atoms. The molecule has 0 saturated carbocycles. The molecule has 3 atom stereocenters. The topological polar surface area (TPSA) is 176 Å². The van der Waals surface area contributed by atoms with Crippen molar-refractivity contribution in [2.24, 2.45) is 5.16 Å². The monoisotopic (exact) mass is 406 g/mol. The Morgan fingerprint density at radius 3 is 2.92 bits per heavy atom. The summed E-state index contributed by atoms with van der Waals surface area (Å²) in [5, 5.41) is 27.2. The highest BCUT2D eigenvalue weighted by molar-refractivity contribution is 8.00. The third-order valence-electron chi connectivity index (χ3n) is 3.34. The average molecular weight is 406 g/mol. The van der Waals surface area contributed by atoms with E-state index in [-0.39, 0.29) is 17.2 Å². The molecule has 1 aromatic rings. The van der Waals surface area contributed by atoms with E-state index >= 15 is 0 Å². The molecule has 2 rings (SSSR count). The third kappa shape index (κ3) is 4.83. The van der Waals surface area contributed by atoms with Crippen molar-refractivity contribution in [1.29, 1.82) is 0 Å². The predicted molar refractivity (Wildman–Crippen MR) is 95.1 cm³/mol. The largest absolute Gasteiger partial charge is 0.480 e. The molecule has 0 aliphatic carbocycles. The van der Waals surface area contributed by atoms with Crippen LogP contribution in [0.1, 0.15) is 16.2 Å². The van der Waals surface area contributed by atoms with E-state index < -0.39 is 48.1 Å². The van der Waals surface area contributed by atoms with Crippen molar-refractivity contribution >= 4 is 51.8 Å². The number of carboxylic acid groups (broad SMARTS) is 2. The minimum atomic E-state index is -2.95. The highest BCUT2D eigenvalue weighted by Crippen LogP contribution is 2.22. The molecule has 2 heterocycles. The highest BCUT2D eigenvalue weighted by Gasteiger charge is 2.37. The lowest BCUT2D eigenvalue weighted by atomic mass is 10.2. The standard InChI is InChI=1S/C13H17N5O6S2/c1-24-18-7(6-4-26-13(14)16-6)9(19)17-8(12(22)23)10-15-5(11(20)21)2-3-25-10/h4-5,8,10,15H,2-3H2,1H3,(H2,14,16)(H,17,19)(H,20,21)(H,22,23)/b18-7-/t5?,8-,10+/m0/s1/i1D3. The fourth-order valence-corrected chi connectivity index (χ4v) is 3.96. The van der Waals surface area contributed by atoms with Gasteiger partial charge in [0.15, 0.2) is 16.9 Å². The number of thiazole rings is 1. The van der Waals surface area contributed by atoms with Gasteiger partial charge in [0.1, 0.15) is 18.8 Å². The molecule has 1 saturated heterocycles. The van der Waals surface area contributed by atoms with Crippen LogP contribution in [-0.4, -0.2) is 69.0 Å². The van der Waals surface area contributed by atoms with Crippen LogP contribution in [0.3, 0.4) is 0 Å². The van der Waals surface area contributed by atoms with Gasteiger partial charge in [0, 0.05) is 5.38 Å². The van der Waals surface area contributed by atoms with E-state index in [1.807, 2.05) is 0 Å². The summed E-state index contributed by atoms with van der Waals surface area (Å²) < 4.78 is 21.1. The minimum Gasteiger partial charge on any atom is -0.480 e. The van der Waals surface area contributed by atoms with Gasteiger partial charge in [-0.1, -0.05) is 5.16 Å². The number of hydrogen-bond donors (Lipinski definition) is 5. The van der Waals surface area contributed by atoms with Crippen LogP contribution in [-0.2, 0) is 19.2 Å². The number of oxime groups is 1. The molecule has 13 heteroatoms. The van der Waals surface area contributed by atoms with Crippen LogP contribution in [0.15, 0.2) is 10.5 Å². The Hall–Kier alpha value is -2.38. The van der Waals surface area contributed by atoms with Crippen LogP contribution < -0.4 is 16.4 Å². The lowest BCUT2D eigenvalue weighted by molar-refractivity contribution is -0.143. The van der Waals surface area contributed by atoms with Crippen molar-refractivity contribution in [2.75, 3.05) is 18.5 Å². The zero-order valence-electron chi connectivity index (χ0n) is 16.0. The smallest absolute Gasteiger partial charge is 0.328 e. The molecule has 0 bridgehead atoms. The minimum absolute atomic E-state index is 0.0676. The quantitative estimate of drug-likeness (QED) is 0.283. The first-order valence-electron chi connectivity index (χ1n) is 8.59. The Kier molecular flexibility index (Phi) is 5.38. The predicted octanol–water partition coefficient (Wildman–Crippen LogP) is -0.849. The molecule has 0 radical (unpaired) electrons. The number of hydrogen-bond acceptors (Lipinski definition) is 10. The summed E-state index contributed by atoms with van der Waals surface area (Å²) in [4.78, 5) is 43.6. The third-order valence-corrected chi connectivity index (χ3v) is 5.25. The van der Waals surface area contributed by atoms with Crippen molar-refractivity contribution in [2.45, 2.75) is 23.9 Å². The summed E-state index contributed by atoms with van der Waals surface area (Å²) in [6.45, 7) is 0. The van der Waals surface area contributed by atoms with E-state index in [9.17, 15) is 19.5 Å². The van der Waals surface area contributed by atoms with Crippen molar-refractivity contribution in [1.82, 2.24) is 15.6 Å². The van der Waals surface area contributed by atoms with E-state index in [0.29, 0.717) is 5.75 Å². The van der Waals surface area contributed by atoms with Gasteiger partial charge in [0.05, 0.1) is 9.49 Å². The summed E-state index contributed by atoms with van der Waals surface area (Å²) in [5.41, 5.74) is 4.82. The number of nitrogens with two attached hydrogens (primary N) is 1. The van der Waals surface area contributed by atoms with Gasteiger partial charge >= 0.3 is 11.9 Å². The molecule has 1 aliphatic heterocycles. The molecule has 142 valence electrons. The number of carbonyl (C=O) groups is 3. The number of aliphatic carboxylic acids is 2. The summed E-state index contributed by atoms with van der Waals surface area (Å²) >= 11 is 2.08. The van der Waals surface area contributed by atoms with Crippen LogP contribution in [0.5, 0.6) is 0 Å². The van der Waals surface area contributed by atoms with E-state index in [4.69, 9.17) is 15.0 Å². The van der Waals surface area contributed by atoms with Crippen LogP contribution >= 0.6 is 23.1 Å². The maximum Gasteiger partial charge on any atom is 0.328 e. The van der Waals surface area contributed by atoms with Gasteiger partial charge in [0.2, 0.25) is 0 Å². The first-order chi connectivity index (χ1) is 13.5. The van der Waals surface area contributed by atoms with Gasteiger partial charge < -0.3 is 26.1 Å². The Morgan fingerprint density at radius 2 is 2.35 bits per heavy atom. The maximum absolute atomic E-state index is 12.6. The summed E-state index contributed by atoms with van der Waals surface area (Å²) in [6.07, 6.45) is 0.286. The van der Waals surface area contributed by atoms with E-state index in [1.165, 1.54) is 5.38 Å². The Labute approximate surface area is 160 Å². The number of aromatic nitrogens is 1. The molecule has 1 aromatic heterocycles. The number of nitrogen functional groups attached to an aromatic ring is 1.